The van der Waals surface area contributed by atoms with Crippen LogP contribution in [0.2, 0.25) is 0 Å². The number of rotatable bonds is 2. The molecule has 0 aromatic heterocycles. The predicted molar refractivity (Wildman–Crippen MR) is 25.9 cm³/mol. The molecule has 0 bridgehead atoms. The molecule has 0 saturated heterocycles. The Balaban J connectivity index is 0. The topological polar surface area (TPSA) is 66.4 Å². The van der Waals surface area contributed by atoms with Crippen LogP contribution < -0.4 is 18.9 Å². The average molecular weight is 146 g/mol. The van der Waals surface area contributed by atoms with Crippen molar-refractivity contribution in [2.75, 3.05) is 0 Å². The molecule has 0 aliphatic heterocycles. The van der Waals surface area contributed by atoms with E-state index in [2.05, 4.69) is 4.18 Å². The van der Waals surface area contributed by atoms with E-state index < -0.39 is 16.5 Å². The Kier molecular flexibility index (Phi) is 5.83. The fourth-order valence-corrected chi connectivity index (χ4v) is 0.707. The molecule has 0 saturated carbocycles. The molecule has 6 heteroatoms. The minimum Gasteiger partial charge on any atom is -0.726 e. The van der Waals surface area contributed by atoms with Gasteiger partial charge in [-0.15, -0.1) is 0 Å². The van der Waals surface area contributed by atoms with Crippen molar-refractivity contribution >= 4 is 10.4 Å². The van der Waals surface area contributed by atoms with Gasteiger partial charge in [-0.1, -0.05) is 0 Å². The van der Waals surface area contributed by atoms with Crippen LogP contribution in [0.1, 0.15) is 13.8 Å². The summed E-state index contributed by atoms with van der Waals surface area (Å²) in [4.78, 5) is 0. The van der Waals surface area contributed by atoms with Gasteiger partial charge in [0.15, 0.2) is 0 Å². The van der Waals surface area contributed by atoms with Gasteiger partial charge in [-0.05, 0) is 13.8 Å². The van der Waals surface area contributed by atoms with Gasteiger partial charge in [0.25, 0.3) is 0 Å². The second kappa shape index (κ2) is 4.31. The van der Waals surface area contributed by atoms with E-state index in [0.29, 0.717) is 0 Å². The van der Waals surface area contributed by atoms with Crippen LogP contribution in [0.3, 0.4) is 0 Å². The summed E-state index contributed by atoms with van der Waals surface area (Å²) in [6.45, 7) is 2.94. The summed E-state index contributed by atoms with van der Waals surface area (Å²) in [6, 6.07) is 0. The zero-order chi connectivity index (χ0) is 6.78. The maximum Gasteiger partial charge on any atom is 1.00 e. The first-order chi connectivity index (χ1) is 3.42. The summed E-state index contributed by atoms with van der Waals surface area (Å²) in [5, 5.41) is 0. The van der Waals surface area contributed by atoms with Crippen molar-refractivity contribution < 1.29 is 36.0 Å². The molecule has 0 aromatic rings. The van der Waals surface area contributed by atoms with Gasteiger partial charge in [-0.3, -0.25) is 4.18 Å². The van der Waals surface area contributed by atoms with Gasteiger partial charge in [0, 0.05) is 0 Å². The molecule has 4 nitrogen and oxygen atoms in total. The predicted octanol–water partition coefficient (Wildman–Crippen LogP) is -3.12. The van der Waals surface area contributed by atoms with E-state index in [1.807, 2.05) is 0 Å². The quantitative estimate of drug-likeness (QED) is 0.235. The fourth-order valence-electron chi connectivity index (χ4n) is 0.236. The van der Waals surface area contributed by atoms with Crippen molar-refractivity contribution in [1.29, 1.82) is 0 Å². The molecule has 0 heterocycles. The van der Waals surface area contributed by atoms with Gasteiger partial charge in [0.05, 0.1) is 6.10 Å². The van der Waals surface area contributed by atoms with Gasteiger partial charge in [0.1, 0.15) is 0 Å². The van der Waals surface area contributed by atoms with Crippen molar-refractivity contribution in [2.24, 2.45) is 0 Å². The summed E-state index contributed by atoms with van der Waals surface area (Å²) in [5.41, 5.74) is 0. The maximum atomic E-state index is 9.66. The third kappa shape index (κ3) is 11.8. The second-order valence-electron chi connectivity index (χ2n) is 1.55. The van der Waals surface area contributed by atoms with Crippen LogP contribution in [0.5, 0.6) is 0 Å². The van der Waals surface area contributed by atoms with Crippen molar-refractivity contribution in [3.05, 3.63) is 0 Å². The molecule has 0 radical (unpaired) electrons. The van der Waals surface area contributed by atoms with Crippen LogP contribution in [0.4, 0.5) is 0 Å². The minimum absolute atomic E-state index is 0. The molecule has 0 N–H and O–H groups in total. The zero-order valence-corrected chi connectivity index (χ0v) is 6.44. The van der Waals surface area contributed by atoms with E-state index in [-0.39, 0.29) is 18.9 Å². The zero-order valence-electron chi connectivity index (χ0n) is 5.62. The Morgan fingerprint density at radius 1 is 1.44 bits per heavy atom. The first-order valence-electron chi connectivity index (χ1n) is 2.06. The van der Waals surface area contributed by atoms with Gasteiger partial charge < -0.3 is 4.55 Å². The third-order valence-electron chi connectivity index (χ3n) is 0.310. The van der Waals surface area contributed by atoms with Crippen LogP contribution in [0.25, 0.3) is 0 Å². The average Bonchev–Trinajstić information content (AvgIpc) is 1.21. The largest absolute Gasteiger partial charge is 1.00 e. The smallest absolute Gasteiger partial charge is 0.726 e. The van der Waals surface area contributed by atoms with Crippen molar-refractivity contribution in [2.45, 2.75) is 20.0 Å². The molecule has 0 rings (SSSR count). The molecule has 50 valence electrons. The number of hydrogen-bond donors (Lipinski definition) is 0. The molecular formula is C3H7LiO4S. The van der Waals surface area contributed by atoms with E-state index >= 15 is 0 Å². The molecule has 9 heavy (non-hydrogen) atoms. The van der Waals surface area contributed by atoms with E-state index in [1.54, 1.807) is 0 Å². The first kappa shape index (κ1) is 12.2. The normalized spacial score (nSPS) is 11.1. The van der Waals surface area contributed by atoms with Gasteiger partial charge in [0.2, 0.25) is 10.4 Å². The van der Waals surface area contributed by atoms with Crippen LogP contribution in [-0.4, -0.2) is 19.1 Å². The Bertz CT molecular complexity index is 149. The SMILES string of the molecule is CC(C)OS(=O)(=O)[O-].[Li+]. The van der Waals surface area contributed by atoms with Crippen LogP contribution >= 0.6 is 0 Å². The Labute approximate surface area is 66.7 Å². The Morgan fingerprint density at radius 2 is 1.78 bits per heavy atom. The van der Waals surface area contributed by atoms with Crippen LogP contribution in [-0.2, 0) is 14.6 Å². The maximum absolute atomic E-state index is 9.66. The number of hydrogen-bond acceptors (Lipinski definition) is 4. The molecule has 0 aliphatic carbocycles. The second-order valence-corrected chi connectivity index (χ2v) is 2.56. The molecule has 0 spiro atoms. The van der Waals surface area contributed by atoms with Gasteiger partial charge >= 0.3 is 18.9 Å². The third-order valence-corrected chi connectivity index (χ3v) is 0.931. The Hall–Kier alpha value is 0.467. The van der Waals surface area contributed by atoms with E-state index in [9.17, 15) is 13.0 Å². The van der Waals surface area contributed by atoms with Crippen LogP contribution in [0, 0.1) is 0 Å². The van der Waals surface area contributed by atoms with E-state index in [1.165, 1.54) is 13.8 Å². The molecule has 0 fully saturated rings. The standard InChI is InChI=1S/C3H8O4S.Li/c1-3(2)7-8(4,5)6;/h3H,1-2H3,(H,4,5,6);/q;+1/p-1. The summed E-state index contributed by atoms with van der Waals surface area (Å²) < 4.78 is 32.8. The molecular weight excluding hydrogens is 139 g/mol. The van der Waals surface area contributed by atoms with Crippen molar-refractivity contribution in [3.63, 3.8) is 0 Å². The van der Waals surface area contributed by atoms with E-state index in [4.69, 9.17) is 0 Å². The molecule has 0 atom stereocenters. The van der Waals surface area contributed by atoms with Gasteiger partial charge in [-0.25, -0.2) is 8.42 Å². The molecule has 0 aromatic carbocycles. The molecule has 0 aliphatic rings. The summed E-state index contributed by atoms with van der Waals surface area (Å²) in [5.74, 6) is 0. The molecule has 0 amide bonds. The molecule has 0 unspecified atom stereocenters. The monoisotopic (exact) mass is 146 g/mol. The van der Waals surface area contributed by atoms with Crippen molar-refractivity contribution in [1.82, 2.24) is 0 Å². The summed E-state index contributed by atoms with van der Waals surface area (Å²) in [6.07, 6.45) is -0.558. The minimum atomic E-state index is -4.47. The fraction of sp³-hybridized carbons (Fsp3) is 1.00. The van der Waals surface area contributed by atoms with Crippen LogP contribution in [0.15, 0.2) is 0 Å². The Morgan fingerprint density at radius 3 is 1.78 bits per heavy atom. The first-order valence-corrected chi connectivity index (χ1v) is 3.39. The van der Waals surface area contributed by atoms with Gasteiger partial charge in [-0.2, -0.15) is 0 Å². The summed E-state index contributed by atoms with van der Waals surface area (Å²) in [7, 11) is -4.47. The summed E-state index contributed by atoms with van der Waals surface area (Å²) >= 11 is 0. The van der Waals surface area contributed by atoms with E-state index in [0.717, 1.165) is 0 Å². The van der Waals surface area contributed by atoms with Crippen molar-refractivity contribution in [3.8, 4) is 0 Å².